The number of para-hydroxylation sites is 1. The monoisotopic (exact) mass is 277 g/mol. The molecule has 0 bridgehead atoms. The summed E-state index contributed by atoms with van der Waals surface area (Å²) in [6, 6.07) is 8.79. The summed E-state index contributed by atoms with van der Waals surface area (Å²) in [7, 11) is 0. The molecule has 1 fully saturated rings. The third-order valence-corrected chi connectivity index (χ3v) is 4.11. The van der Waals surface area contributed by atoms with Gasteiger partial charge >= 0.3 is 0 Å². The van der Waals surface area contributed by atoms with Gasteiger partial charge in [0.2, 0.25) is 0 Å². The molecule has 0 amide bonds. The fraction of sp³-hybridized carbons (Fsp3) is 0.647. The van der Waals surface area contributed by atoms with Crippen LogP contribution in [0.4, 0.5) is 0 Å². The first-order chi connectivity index (χ1) is 9.76. The van der Waals surface area contributed by atoms with E-state index < -0.39 is 0 Å². The van der Waals surface area contributed by atoms with Gasteiger partial charge in [-0.2, -0.15) is 0 Å². The molecule has 3 nitrogen and oxygen atoms in total. The molecule has 1 aromatic carbocycles. The summed E-state index contributed by atoms with van der Waals surface area (Å²) in [6.45, 7) is 9.07. The van der Waals surface area contributed by atoms with Gasteiger partial charge in [-0.05, 0) is 36.9 Å². The van der Waals surface area contributed by atoms with Crippen molar-refractivity contribution in [2.75, 3.05) is 19.8 Å². The second kappa shape index (κ2) is 7.65. The summed E-state index contributed by atoms with van der Waals surface area (Å²) >= 11 is 0. The average molecular weight is 277 g/mol. The van der Waals surface area contributed by atoms with E-state index in [2.05, 4.69) is 44.3 Å². The summed E-state index contributed by atoms with van der Waals surface area (Å²) in [5.74, 6) is 1.54. The zero-order chi connectivity index (χ0) is 14.4. The minimum atomic E-state index is 0.105. The Balaban J connectivity index is 2.11. The van der Waals surface area contributed by atoms with E-state index in [4.69, 9.17) is 9.47 Å². The smallest absolute Gasteiger partial charge is 0.137 e. The van der Waals surface area contributed by atoms with E-state index in [1.165, 1.54) is 5.56 Å². The number of hydrogen-bond donors (Lipinski definition) is 1. The molecule has 20 heavy (non-hydrogen) atoms. The average Bonchev–Trinajstić information content (AvgIpc) is 2.49. The van der Waals surface area contributed by atoms with E-state index >= 15 is 0 Å². The van der Waals surface area contributed by atoms with Gasteiger partial charge in [0.1, 0.15) is 11.9 Å². The van der Waals surface area contributed by atoms with E-state index in [9.17, 15) is 0 Å². The maximum Gasteiger partial charge on any atom is 0.137 e. The molecule has 1 aromatic rings. The molecule has 3 heteroatoms. The van der Waals surface area contributed by atoms with Crippen LogP contribution >= 0.6 is 0 Å². The fourth-order valence-electron chi connectivity index (χ4n) is 2.70. The lowest BCUT2D eigenvalue weighted by atomic mass is 9.97. The van der Waals surface area contributed by atoms with Crippen molar-refractivity contribution in [3.8, 4) is 5.75 Å². The number of nitrogens with one attached hydrogen (secondary N) is 1. The maximum absolute atomic E-state index is 6.29. The highest BCUT2D eigenvalue weighted by Crippen LogP contribution is 2.30. The Morgan fingerprint density at radius 1 is 1.35 bits per heavy atom. The van der Waals surface area contributed by atoms with Gasteiger partial charge in [0.25, 0.3) is 0 Å². The predicted molar refractivity (Wildman–Crippen MR) is 82.5 cm³/mol. The zero-order valence-corrected chi connectivity index (χ0v) is 12.9. The van der Waals surface area contributed by atoms with Crippen molar-refractivity contribution in [2.24, 2.45) is 0 Å². The third kappa shape index (κ3) is 3.74. The van der Waals surface area contributed by atoms with Crippen LogP contribution in [0.5, 0.6) is 5.75 Å². The Morgan fingerprint density at radius 2 is 2.15 bits per heavy atom. The molecule has 2 rings (SSSR count). The molecule has 0 aromatic heterocycles. The minimum Gasteiger partial charge on any atom is -0.486 e. The highest BCUT2D eigenvalue weighted by atomic mass is 16.5. The van der Waals surface area contributed by atoms with Gasteiger partial charge in [0, 0.05) is 12.6 Å². The van der Waals surface area contributed by atoms with Gasteiger partial charge < -0.3 is 14.8 Å². The fourth-order valence-corrected chi connectivity index (χ4v) is 2.70. The lowest BCUT2D eigenvalue weighted by molar-refractivity contribution is -0.0147. The van der Waals surface area contributed by atoms with Crippen molar-refractivity contribution >= 4 is 0 Å². The first-order valence-electron chi connectivity index (χ1n) is 7.83. The summed E-state index contributed by atoms with van der Waals surface area (Å²) in [5, 5.41) is 3.51. The molecule has 1 saturated heterocycles. The van der Waals surface area contributed by atoms with Gasteiger partial charge in [-0.1, -0.05) is 39.0 Å². The van der Waals surface area contributed by atoms with Gasteiger partial charge in [0.05, 0.1) is 6.61 Å². The molecule has 3 unspecified atom stereocenters. The third-order valence-electron chi connectivity index (χ3n) is 4.11. The SMILES string of the molecule is CCNC1CCOCC1Oc1ccccc1C(C)CC. The molecule has 1 aliphatic rings. The molecule has 1 heterocycles. The highest BCUT2D eigenvalue weighted by Gasteiger charge is 2.27. The molecular formula is C17H27NO2. The van der Waals surface area contributed by atoms with Crippen molar-refractivity contribution in [2.45, 2.75) is 51.7 Å². The molecule has 112 valence electrons. The van der Waals surface area contributed by atoms with Crippen LogP contribution in [0.25, 0.3) is 0 Å². The Kier molecular flexibility index (Phi) is 5.86. The van der Waals surface area contributed by atoms with Crippen molar-refractivity contribution in [1.82, 2.24) is 5.32 Å². The maximum atomic E-state index is 6.29. The van der Waals surface area contributed by atoms with Crippen LogP contribution in [0.15, 0.2) is 24.3 Å². The lowest BCUT2D eigenvalue weighted by Gasteiger charge is -2.33. The second-order valence-electron chi connectivity index (χ2n) is 5.53. The Hall–Kier alpha value is -1.06. The molecule has 0 aliphatic carbocycles. The molecule has 0 radical (unpaired) electrons. The lowest BCUT2D eigenvalue weighted by Crippen LogP contribution is -2.49. The molecule has 1 aliphatic heterocycles. The van der Waals surface area contributed by atoms with Gasteiger partial charge in [-0.3, -0.25) is 0 Å². The van der Waals surface area contributed by atoms with Gasteiger partial charge in [0.15, 0.2) is 0 Å². The van der Waals surface area contributed by atoms with Gasteiger partial charge in [-0.15, -0.1) is 0 Å². The summed E-state index contributed by atoms with van der Waals surface area (Å²) < 4.78 is 11.9. The van der Waals surface area contributed by atoms with E-state index in [1.54, 1.807) is 0 Å². The van der Waals surface area contributed by atoms with Gasteiger partial charge in [-0.25, -0.2) is 0 Å². The number of hydrogen-bond acceptors (Lipinski definition) is 3. The summed E-state index contributed by atoms with van der Waals surface area (Å²) in [5.41, 5.74) is 1.30. The van der Waals surface area contributed by atoms with Crippen LogP contribution < -0.4 is 10.1 Å². The topological polar surface area (TPSA) is 30.5 Å². The minimum absolute atomic E-state index is 0.105. The first-order valence-corrected chi connectivity index (χ1v) is 7.83. The van der Waals surface area contributed by atoms with Crippen molar-refractivity contribution in [3.05, 3.63) is 29.8 Å². The first kappa shape index (κ1) is 15.3. The number of benzene rings is 1. The number of rotatable bonds is 6. The Bertz CT molecular complexity index is 406. The summed E-state index contributed by atoms with van der Waals surface area (Å²) in [6.07, 6.45) is 2.25. The van der Waals surface area contributed by atoms with Crippen molar-refractivity contribution < 1.29 is 9.47 Å². The molecule has 1 N–H and O–H groups in total. The molecule has 0 spiro atoms. The van der Waals surface area contributed by atoms with E-state index in [0.29, 0.717) is 18.6 Å². The largest absolute Gasteiger partial charge is 0.486 e. The van der Waals surface area contributed by atoms with Crippen molar-refractivity contribution in [3.63, 3.8) is 0 Å². The zero-order valence-electron chi connectivity index (χ0n) is 12.9. The number of likely N-dealkylation sites (N-methyl/N-ethyl adjacent to an activating group) is 1. The van der Waals surface area contributed by atoms with Crippen LogP contribution in [0.3, 0.4) is 0 Å². The van der Waals surface area contributed by atoms with E-state index in [-0.39, 0.29) is 6.10 Å². The van der Waals surface area contributed by atoms with Crippen LogP contribution in [-0.4, -0.2) is 31.9 Å². The highest BCUT2D eigenvalue weighted by molar-refractivity contribution is 5.36. The Labute approximate surface area is 122 Å². The van der Waals surface area contributed by atoms with E-state index in [0.717, 1.165) is 31.7 Å². The normalized spacial score (nSPS) is 24.4. The second-order valence-corrected chi connectivity index (χ2v) is 5.53. The standard InChI is InChI=1S/C17H27NO2/c1-4-13(3)14-8-6-7-9-16(14)20-17-12-19-11-10-15(17)18-5-2/h6-9,13,15,17-18H,4-5,10-12H2,1-3H3. The van der Waals surface area contributed by atoms with Crippen LogP contribution in [0, 0.1) is 0 Å². The van der Waals surface area contributed by atoms with Crippen LogP contribution in [-0.2, 0) is 4.74 Å². The molecule has 3 atom stereocenters. The quantitative estimate of drug-likeness (QED) is 0.865. The number of ether oxygens (including phenoxy) is 2. The molecule has 0 saturated carbocycles. The Morgan fingerprint density at radius 3 is 2.90 bits per heavy atom. The predicted octanol–water partition coefficient (Wildman–Crippen LogP) is 3.35. The van der Waals surface area contributed by atoms with Crippen LogP contribution in [0.2, 0.25) is 0 Å². The van der Waals surface area contributed by atoms with E-state index in [1.807, 2.05) is 6.07 Å². The van der Waals surface area contributed by atoms with Crippen LogP contribution in [0.1, 0.15) is 45.1 Å². The van der Waals surface area contributed by atoms with Crippen molar-refractivity contribution in [1.29, 1.82) is 0 Å². The molecular weight excluding hydrogens is 250 g/mol. The summed E-state index contributed by atoms with van der Waals surface area (Å²) in [4.78, 5) is 0.